The minimum Gasteiger partial charge on any atom is -0.340 e. The lowest BCUT2D eigenvalue weighted by Gasteiger charge is -2.04. The smallest absolute Gasteiger partial charge is 0.146 e. The Morgan fingerprint density at radius 2 is 2.10 bits per heavy atom. The third-order valence-electron chi connectivity index (χ3n) is 3.86. The minimum absolute atomic E-state index is 0.753. The molecule has 0 radical (unpaired) electrons. The molecule has 5 heteroatoms. The van der Waals surface area contributed by atoms with Crippen molar-refractivity contribution in [2.45, 2.75) is 19.4 Å². The number of nitrogens with one attached hydrogen (secondary N) is 1. The quantitative estimate of drug-likeness (QED) is 0.704. The van der Waals surface area contributed by atoms with E-state index in [1.807, 2.05) is 18.8 Å². The molecule has 0 fully saturated rings. The summed E-state index contributed by atoms with van der Waals surface area (Å²) in [5.74, 6) is 0.970. The van der Waals surface area contributed by atoms with E-state index in [2.05, 4.69) is 50.4 Å². The second kappa shape index (κ2) is 6.10. The van der Waals surface area contributed by atoms with Gasteiger partial charge in [0.1, 0.15) is 12.2 Å². The third kappa shape index (κ3) is 2.83. The topological polar surface area (TPSA) is 47.7 Å². The summed E-state index contributed by atoms with van der Waals surface area (Å²) in [5, 5.41) is 8.70. The van der Waals surface area contributed by atoms with E-state index in [0.29, 0.717) is 0 Å². The monoisotopic (exact) mass is 283 g/mol. The second-order valence-corrected chi connectivity index (χ2v) is 5.31. The zero-order valence-corrected chi connectivity index (χ0v) is 12.6. The Kier molecular flexibility index (Phi) is 4.01. The van der Waals surface area contributed by atoms with E-state index in [9.17, 15) is 0 Å². The maximum atomic E-state index is 4.32. The molecule has 0 unspecified atom stereocenters. The molecule has 0 spiro atoms. The van der Waals surface area contributed by atoms with E-state index >= 15 is 0 Å². The summed E-state index contributed by atoms with van der Waals surface area (Å²) < 4.78 is 4.10. The Balaban J connectivity index is 1.93. The van der Waals surface area contributed by atoms with Crippen LogP contribution in [0.5, 0.6) is 0 Å². The maximum Gasteiger partial charge on any atom is 0.146 e. The van der Waals surface area contributed by atoms with Gasteiger partial charge in [-0.05, 0) is 38.1 Å². The van der Waals surface area contributed by atoms with Gasteiger partial charge >= 0.3 is 0 Å². The van der Waals surface area contributed by atoms with Gasteiger partial charge in [-0.25, -0.2) is 4.98 Å². The first-order chi connectivity index (χ1) is 10.3. The molecular weight excluding hydrogens is 262 g/mol. The van der Waals surface area contributed by atoms with E-state index in [0.717, 1.165) is 31.8 Å². The highest BCUT2D eigenvalue weighted by Crippen LogP contribution is 2.23. The summed E-state index contributed by atoms with van der Waals surface area (Å²) in [6, 6.07) is 8.58. The first kappa shape index (κ1) is 13.8. The number of para-hydroxylation sites is 1. The third-order valence-corrected chi connectivity index (χ3v) is 3.86. The fourth-order valence-corrected chi connectivity index (χ4v) is 2.72. The van der Waals surface area contributed by atoms with E-state index in [1.165, 1.54) is 16.5 Å². The highest BCUT2D eigenvalue weighted by molar-refractivity contribution is 5.84. The van der Waals surface area contributed by atoms with Crippen LogP contribution >= 0.6 is 0 Å². The Morgan fingerprint density at radius 3 is 2.86 bits per heavy atom. The van der Waals surface area contributed by atoms with Gasteiger partial charge in [0, 0.05) is 24.1 Å². The van der Waals surface area contributed by atoms with Crippen LogP contribution < -0.4 is 5.32 Å². The molecule has 1 N–H and O–H groups in total. The molecule has 2 heterocycles. The molecule has 0 aliphatic rings. The van der Waals surface area contributed by atoms with Crippen molar-refractivity contribution in [2.24, 2.45) is 7.05 Å². The zero-order valence-electron chi connectivity index (χ0n) is 12.6. The molecule has 0 saturated carbocycles. The molecule has 0 bridgehead atoms. The molecule has 110 valence electrons. The Bertz CT molecular complexity index is 725. The molecule has 0 aliphatic heterocycles. The highest BCUT2D eigenvalue weighted by Gasteiger charge is 2.10. The van der Waals surface area contributed by atoms with E-state index < -0.39 is 0 Å². The lowest BCUT2D eigenvalue weighted by molar-refractivity contribution is 0.662. The average molecular weight is 283 g/mol. The number of aromatic nitrogens is 4. The molecule has 5 nitrogen and oxygen atoms in total. The van der Waals surface area contributed by atoms with Crippen molar-refractivity contribution in [3.63, 3.8) is 0 Å². The molecule has 1 aromatic carbocycles. The van der Waals surface area contributed by atoms with Crippen molar-refractivity contribution in [2.75, 3.05) is 13.6 Å². The fraction of sp³-hybridized carbons (Fsp3) is 0.375. The van der Waals surface area contributed by atoms with Crippen molar-refractivity contribution >= 4 is 10.9 Å². The lowest BCUT2D eigenvalue weighted by atomic mass is 10.1. The number of hydrogen-bond acceptors (Lipinski definition) is 3. The number of nitrogens with zero attached hydrogens (tertiary/aromatic N) is 4. The lowest BCUT2D eigenvalue weighted by Crippen LogP contribution is -2.08. The van der Waals surface area contributed by atoms with Crippen molar-refractivity contribution in [1.82, 2.24) is 24.6 Å². The van der Waals surface area contributed by atoms with Gasteiger partial charge in [-0.3, -0.25) is 4.68 Å². The zero-order chi connectivity index (χ0) is 14.7. The first-order valence-corrected chi connectivity index (χ1v) is 7.34. The van der Waals surface area contributed by atoms with Crippen LogP contribution in [0.3, 0.4) is 0 Å². The molecule has 0 aliphatic carbocycles. The summed E-state index contributed by atoms with van der Waals surface area (Å²) >= 11 is 0. The summed E-state index contributed by atoms with van der Waals surface area (Å²) in [6.45, 7) is 1.80. The number of benzene rings is 1. The minimum atomic E-state index is 0.753. The average Bonchev–Trinajstić information content (AvgIpc) is 3.05. The Morgan fingerprint density at radius 1 is 1.24 bits per heavy atom. The number of rotatable bonds is 6. The number of fused-ring (bicyclic) bond motifs is 1. The molecule has 3 rings (SSSR count). The normalized spacial score (nSPS) is 11.3. The van der Waals surface area contributed by atoms with Crippen molar-refractivity contribution in [1.29, 1.82) is 0 Å². The standard InChI is InChI=1S/C16H21N5/c1-17-9-5-6-13-10-21(11-16-18-12-19-20(16)2)15-8-4-3-7-14(13)15/h3-4,7-8,10,12,17H,5-6,9,11H2,1-2H3. The number of aryl methyl sites for hydroxylation is 2. The second-order valence-electron chi connectivity index (χ2n) is 5.31. The van der Waals surface area contributed by atoms with Crippen LogP contribution in [0.2, 0.25) is 0 Å². The van der Waals surface area contributed by atoms with Crippen LogP contribution in [-0.2, 0) is 20.0 Å². The van der Waals surface area contributed by atoms with E-state index in [4.69, 9.17) is 0 Å². The molecular formula is C16H21N5. The van der Waals surface area contributed by atoms with Gasteiger partial charge in [-0.1, -0.05) is 18.2 Å². The van der Waals surface area contributed by atoms with E-state index in [-0.39, 0.29) is 0 Å². The van der Waals surface area contributed by atoms with Crippen LogP contribution in [-0.4, -0.2) is 32.9 Å². The van der Waals surface area contributed by atoms with Crippen LogP contribution in [0.4, 0.5) is 0 Å². The molecule has 0 amide bonds. The van der Waals surface area contributed by atoms with Crippen LogP contribution in [0, 0.1) is 0 Å². The number of hydrogen-bond donors (Lipinski definition) is 1. The highest BCUT2D eigenvalue weighted by atomic mass is 15.3. The SMILES string of the molecule is CNCCCc1cn(Cc2ncnn2C)c2ccccc12. The molecule has 3 aromatic rings. The molecule has 2 aromatic heterocycles. The molecule has 0 atom stereocenters. The van der Waals surface area contributed by atoms with Gasteiger partial charge in [0.05, 0.1) is 6.54 Å². The largest absolute Gasteiger partial charge is 0.340 e. The van der Waals surface area contributed by atoms with Crippen LogP contribution in [0.25, 0.3) is 10.9 Å². The van der Waals surface area contributed by atoms with Crippen molar-refractivity contribution in [3.8, 4) is 0 Å². The predicted octanol–water partition coefficient (Wildman–Crippen LogP) is 1.97. The first-order valence-electron chi connectivity index (χ1n) is 7.34. The Hall–Kier alpha value is -2.14. The van der Waals surface area contributed by atoms with Crippen molar-refractivity contribution < 1.29 is 0 Å². The van der Waals surface area contributed by atoms with Crippen LogP contribution in [0.15, 0.2) is 36.8 Å². The van der Waals surface area contributed by atoms with Gasteiger partial charge in [-0.15, -0.1) is 0 Å². The van der Waals surface area contributed by atoms with E-state index in [1.54, 1.807) is 6.33 Å². The van der Waals surface area contributed by atoms with Crippen LogP contribution in [0.1, 0.15) is 17.8 Å². The van der Waals surface area contributed by atoms with Crippen molar-refractivity contribution in [3.05, 3.63) is 48.2 Å². The predicted molar refractivity (Wildman–Crippen MR) is 84.3 cm³/mol. The summed E-state index contributed by atoms with van der Waals surface area (Å²) in [4.78, 5) is 4.32. The van der Waals surface area contributed by atoms with Gasteiger partial charge in [-0.2, -0.15) is 5.10 Å². The maximum absolute atomic E-state index is 4.32. The summed E-state index contributed by atoms with van der Waals surface area (Å²) in [6.07, 6.45) is 6.10. The molecule has 21 heavy (non-hydrogen) atoms. The molecule has 0 saturated heterocycles. The van der Waals surface area contributed by atoms with Gasteiger partial charge in [0.2, 0.25) is 0 Å². The van der Waals surface area contributed by atoms with Gasteiger partial charge in [0.15, 0.2) is 0 Å². The Labute approximate surface area is 124 Å². The van der Waals surface area contributed by atoms with Gasteiger partial charge in [0.25, 0.3) is 0 Å². The fourth-order valence-electron chi connectivity index (χ4n) is 2.72. The summed E-state index contributed by atoms with van der Waals surface area (Å²) in [7, 11) is 3.93. The summed E-state index contributed by atoms with van der Waals surface area (Å²) in [5.41, 5.74) is 2.67. The van der Waals surface area contributed by atoms with Gasteiger partial charge < -0.3 is 9.88 Å².